The topological polar surface area (TPSA) is 70.6 Å². The highest BCUT2D eigenvalue weighted by Crippen LogP contribution is 2.08. The number of oxime groups is 1. The van der Waals surface area contributed by atoms with Gasteiger partial charge in [0.2, 0.25) is 0 Å². The van der Waals surface area contributed by atoms with E-state index in [1.54, 1.807) is 0 Å². The maximum Gasteiger partial charge on any atom is 0.170 e. The molecule has 0 saturated heterocycles. The van der Waals surface area contributed by atoms with E-state index in [4.69, 9.17) is 10.9 Å². The molecule has 0 aliphatic carbocycles. The Bertz CT molecular complexity index is 608. The van der Waals surface area contributed by atoms with Crippen molar-refractivity contribution < 1.29 is 5.21 Å². The Morgan fingerprint density at radius 1 is 1.15 bits per heavy atom. The minimum Gasteiger partial charge on any atom is -0.409 e. The molecule has 2 aromatic rings. The van der Waals surface area contributed by atoms with Gasteiger partial charge in [-0.2, -0.15) is 0 Å². The average molecular weight is 269 g/mol. The lowest BCUT2D eigenvalue weighted by Crippen LogP contribution is -2.16. The molecule has 20 heavy (non-hydrogen) atoms. The summed E-state index contributed by atoms with van der Waals surface area (Å²) in [7, 11) is 0. The second kappa shape index (κ2) is 6.73. The first kappa shape index (κ1) is 14.1. The highest BCUT2D eigenvalue weighted by atomic mass is 16.4. The van der Waals surface area contributed by atoms with Crippen LogP contribution < -0.4 is 11.1 Å². The van der Waals surface area contributed by atoms with Crippen molar-refractivity contribution in [2.24, 2.45) is 10.9 Å². The molecule has 0 radical (unpaired) electrons. The third-order valence-corrected chi connectivity index (χ3v) is 3.24. The number of nitrogens with zero attached hydrogens (tertiary/aromatic N) is 1. The third-order valence-electron chi connectivity index (χ3n) is 3.24. The number of rotatable bonds is 5. The van der Waals surface area contributed by atoms with Gasteiger partial charge >= 0.3 is 0 Å². The highest BCUT2D eigenvalue weighted by Gasteiger charge is 2.01. The summed E-state index contributed by atoms with van der Waals surface area (Å²) in [6.45, 7) is 3.66. The smallest absolute Gasteiger partial charge is 0.170 e. The SMILES string of the molecule is Cc1ccccc1CNCc1cccc(C(N)=NO)c1. The van der Waals surface area contributed by atoms with Crippen molar-refractivity contribution in [1.29, 1.82) is 0 Å². The van der Waals surface area contributed by atoms with Gasteiger partial charge in [-0.05, 0) is 29.7 Å². The van der Waals surface area contributed by atoms with Crippen LogP contribution in [0.3, 0.4) is 0 Å². The summed E-state index contributed by atoms with van der Waals surface area (Å²) < 4.78 is 0. The van der Waals surface area contributed by atoms with E-state index in [2.05, 4.69) is 29.5 Å². The normalized spacial score (nSPS) is 11.6. The van der Waals surface area contributed by atoms with Crippen LogP contribution in [0.2, 0.25) is 0 Å². The minimum absolute atomic E-state index is 0.130. The van der Waals surface area contributed by atoms with Crippen LogP contribution >= 0.6 is 0 Å². The molecule has 4 nitrogen and oxygen atoms in total. The van der Waals surface area contributed by atoms with Gasteiger partial charge in [0.1, 0.15) is 0 Å². The molecule has 0 atom stereocenters. The Balaban J connectivity index is 1.96. The molecule has 0 unspecified atom stereocenters. The van der Waals surface area contributed by atoms with Gasteiger partial charge in [-0.25, -0.2) is 0 Å². The zero-order chi connectivity index (χ0) is 14.4. The molecule has 0 aliphatic heterocycles. The van der Waals surface area contributed by atoms with Gasteiger partial charge in [0.15, 0.2) is 5.84 Å². The summed E-state index contributed by atoms with van der Waals surface area (Å²) >= 11 is 0. The number of benzene rings is 2. The Labute approximate surface area is 118 Å². The first-order valence-corrected chi connectivity index (χ1v) is 6.53. The van der Waals surface area contributed by atoms with Crippen molar-refractivity contribution in [3.63, 3.8) is 0 Å². The molecule has 0 amide bonds. The van der Waals surface area contributed by atoms with Crippen molar-refractivity contribution in [3.05, 3.63) is 70.8 Å². The average Bonchev–Trinajstić information content (AvgIpc) is 2.49. The number of nitrogens with two attached hydrogens (primary N) is 1. The molecule has 0 heterocycles. The van der Waals surface area contributed by atoms with E-state index in [9.17, 15) is 0 Å². The van der Waals surface area contributed by atoms with Gasteiger partial charge in [-0.3, -0.25) is 0 Å². The number of amidine groups is 1. The minimum atomic E-state index is 0.130. The van der Waals surface area contributed by atoms with E-state index >= 15 is 0 Å². The summed E-state index contributed by atoms with van der Waals surface area (Å²) in [6.07, 6.45) is 0. The van der Waals surface area contributed by atoms with Crippen LogP contribution in [0.15, 0.2) is 53.7 Å². The number of aryl methyl sites for hydroxylation is 1. The first-order chi connectivity index (χ1) is 9.70. The van der Waals surface area contributed by atoms with Crippen LogP contribution in [0.1, 0.15) is 22.3 Å². The molecule has 2 aromatic carbocycles. The quantitative estimate of drug-likeness (QED) is 0.338. The van der Waals surface area contributed by atoms with Gasteiger partial charge in [-0.1, -0.05) is 47.6 Å². The van der Waals surface area contributed by atoms with E-state index in [1.807, 2.05) is 36.4 Å². The Kier molecular flexibility index (Phi) is 4.74. The van der Waals surface area contributed by atoms with Gasteiger partial charge < -0.3 is 16.3 Å². The zero-order valence-electron chi connectivity index (χ0n) is 11.5. The summed E-state index contributed by atoms with van der Waals surface area (Å²) in [6, 6.07) is 16.0. The molecule has 0 fully saturated rings. The van der Waals surface area contributed by atoms with Crippen molar-refractivity contribution in [2.75, 3.05) is 0 Å². The fourth-order valence-electron chi connectivity index (χ4n) is 2.05. The molecule has 0 aliphatic rings. The number of nitrogens with one attached hydrogen (secondary N) is 1. The Morgan fingerprint density at radius 3 is 2.70 bits per heavy atom. The van der Waals surface area contributed by atoms with E-state index < -0.39 is 0 Å². The Morgan fingerprint density at radius 2 is 1.95 bits per heavy atom. The molecule has 2 rings (SSSR count). The van der Waals surface area contributed by atoms with Crippen molar-refractivity contribution >= 4 is 5.84 Å². The maximum atomic E-state index is 8.68. The number of hydrogen-bond acceptors (Lipinski definition) is 3. The lowest BCUT2D eigenvalue weighted by atomic mass is 10.1. The van der Waals surface area contributed by atoms with Crippen molar-refractivity contribution in [2.45, 2.75) is 20.0 Å². The highest BCUT2D eigenvalue weighted by molar-refractivity contribution is 5.97. The Hall–Kier alpha value is -2.33. The molecule has 0 saturated carbocycles. The fourth-order valence-corrected chi connectivity index (χ4v) is 2.05. The van der Waals surface area contributed by atoms with E-state index in [-0.39, 0.29) is 5.84 Å². The van der Waals surface area contributed by atoms with Crippen molar-refractivity contribution in [1.82, 2.24) is 5.32 Å². The largest absolute Gasteiger partial charge is 0.409 e. The lowest BCUT2D eigenvalue weighted by Gasteiger charge is -2.08. The molecule has 4 heteroatoms. The first-order valence-electron chi connectivity index (χ1n) is 6.53. The van der Waals surface area contributed by atoms with E-state index in [0.29, 0.717) is 0 Å². The van der Waals surface area contributed by atoms with Crippen LogP contribution in [0.4, 0.5) is 0 Å². The maximum absolute atomic E-state index is 8.68. The van der Waals surface area contributed by atoms with Crippen LogP contribution in [-0.2, 0) is 13.1 Å². The van der Waals surface area contributed by atoms with Crippen LogP contribution in [-0.4, -0.2) is 11.0 Å². The second-order valence-corrected chi connectivity index (χ2v) is 4.72. The monoisotopic (exact) mass is 269 g/mol. The lowest BCUT2D eigenvalue weighted by molar-refractivity contribution is 0.318. The van der Waals surface area contributed by atoms with Crippen LogP contribution in [0.25, 0.3) is 0 Å². The molecule has 4 N–H and O–H groups in total. The van der Waals surface area contributed by atoms with Crippen LogP contribution in [0, 0.1) is 6.92 Å². The van der Waals surface area contributed by atoms with Gasteiger partial charge in [0.25, 0.3) is 0 Å². The summed E-state index contributed by atoms with van der Waals surface area (Å²) in [5.74, 6) is 0.130. The molecular formula is C16H19N3O. The third kappa shape index (κ3) is 3.59. The van der Waals surface area contributed by atoms with E-state index in [0.717, 1.165) is 24.2 Å². The van der Waals surface area contributed by atoms with Gasteiger partial charge in [-0.15, -0.1) is 0 Å². The van der Waals surface area contributed by atoms with Crippen molar-refractivity contribution in [3.8, 4) is 0 Å². The standard InChI is InChI=1S/C16H19N3O/c1-12-5-2-3-7-15(12)11-18-10-13-6-4-8-14(9-13)16(17)19-20/h2-9,18,20H,10-11H2,1H3,(H2,17,19). The van der Waals surface area contributed by atoms with Gasteiger partial charge in [0.05, 0.1) is 0 Å². The predicted molar refractivity (Wildman–Crippen MR) is 80.7 cm³/mol. The zero-order valence-corrected chi connectivity index (χ0v) is 11.5. The molecule has 104 valence electrons. The van der Waals surface area contributed by atoms with Gasteiger partial charge in [0, 0.05) is 18.7 Å². The van der Waals surface area contributed by atoms with E-state index in [1.165, 1.54) is 11.1 Å². The second-order valence-electron chi connectivity index (χ2n) is 4.72. The predicted octanol–water partition coefficient (Wildman–Crippen LogP) is 2.38. The molecular weight excluding hydrogens is 250 g/mol. The fraction of sp³-hybridized carbons (Fsp3) is 0.188. The molecule has 0 spiro atoms. The molecule has 0 bridgehead atoms. The summed E-state index contributed by atoms with van der Waals surface area (Å²) in [5, 5.41) is 15.1. The summed E-state index contributed by atoms with van der Waals surface area (Å²) in [4.78, 5) is 0. The molecule has 0 aromatic heterocycles. The summed E-state index contributed by atoms with van der Waals surface area (Å²) in [5.41, 5.74) is 9.98. The van der Waals surface area contributed by atoms with Crippen LogP contribution in [0.5, 0.6) is 0 Å². The number of hydrogen-bond donors (Lipinski definition) is 3.